The van der Waals surface area contributed by atoms with Gasteiger partial charge < -0.3 is 4.42 Å². The molecule has 0 fully saturated rings. The summed E-state index contributed by atoms with van der Waals surface area (Å²) >= 11 is 7.29. The molecular weight excluding hydrogens is 410 g/mol. The molecule has 3 rings (SSSR count). The first kappa shape index (κ1) is 19.5. The lowest BCUT2D eigenvalue weighted by atomic mass is 10.2. The lowest BCUT2D eigenvalue weighted by molar-refractivity contribution is 0.102. The summed E-state index contributed by atoms with van der Waals surface area (Å²) in [6.07, 6.45) is 0.419. The Morgan fingerprint density at radius 3 is 2.48 bits per heavy atom. The van der Waals surface area contributed by atoms with Crippen LogP contribution < -0.4 is 5.32 Å². The van der Waals surface area contributed by atoms with Crippen LogP contribution in [0.5, 0.6) is 0 Å². The predicted octanol–water partition coefficient (Wildman–Crippen LogP) is 3.81. The summed E-state index contributed by atoms with van der Waals surface area (Å²) in [6.45, 7) is 3.21. The number of aromatic nitrogens is 2. The van der Waals surface area contributed by atoms with Gasteiger partial charge in [0, 0.05) is 10.4 Å². The molecule has 2 heterocycles. The third-order valence-corrected chi connectivity index (χ3v) is 7.11. The fourth-order valence-corrected chi connectivity index (χ4v) is 4.35. The fourth-order valence-electron chi connectivity index (χ4n) is 2.21. The fraction of sp³-hybridized carbons (Fsp3) is 0.235. The van der Waals surface area contributed by atoms with E-state index in [1.165, 1.54) is 35.6 Å². The molecule has 0 aliphatic heterocycles. The van der Waals surface area contributed by atoms with Crippen LogP contribution in [0.15, 0.2) is 45.7 Å². The third kappa shape index (κ3) is 4.55. The molecule has 0 aliphatic carbocycles. The molecule has 1 aromatic carbocycles. The molecule has 7 nitrogen and oxygen atoms in total. The van der Waals surface area contributed by atoms with Crippen molar-refractivity contribution in [2.45, 2.75) is 30.4 Å². The molecule has 0 saturated heterocycles. The van der Waals surface area contributed by atoms with Crippen molar-refractivity contribution in [1.29, 1.82) is 0 Å². The maximum atomic E-state index is 12.3. The van der Waals surface area contributed by atoms with E-state index in [2.05, 4.69) is 15.5 Å². The average molecular weight is 426 g/mol. The topological polar surface area (TPSA) is 102 Å². The van der Waals surface area contributed by atoms with E-state index in [1.54, 1.807) is 19.9 Å². The minimum absolute atomic E-state index is 0.0310. The van der Waals surface area contributed by atoms with Gasteiger partial charge in [0.05, 0.1) is 20.9 Å². The normalized spacial score (nSPS) is 11.7. The number of sulfone groups is 1. The number of hydrogen-bond acceptors (Lipinski definition) is 7. The molecule has 1 N–H and O–H groups in total. The van der Waals surface area contributed by atoms with Crippen LogP contribution in [-0.2, 0) is 16.3 Å². The van der Waals surface area contributed by atoms with Crippen molar-refractivity contribution in [1.82, 2.24) is 10.2 Å². The summed E-state index contributed by atoms with van der Waals surface area (Å²) in [7, 11) is -3.38. The van der Waals surface area contributed by atoms with E-state index in [9.17, 15) is 13.2 Å². The van der Waals surface area contributed by atoms with E-state index < -0.39 is 21.0 Å². The van der Waals surface area contributed by atoms with E-state index in [0.29, 0.717) is 16.6 Å². The largest absolute Gasteiger partial charge is 0.407 e. The standard InChI is InChI=1S/C17H16ClN3O4S2/c1-10(2)27(23,24)13-6-3-11(4-7-13)16(22)19-17-21-20-15(25-17)9-12-5-8-14(18)26-12/h3-8,10H,9H2,1-2H3,(H,19,21,22). The molecule has 2 aromatic heterocycles. The second-order valence-corrected chi connectivity index (χ2v) is 10.3. The smallest absolute Gasteiger partial charge is 0.322 e. The highest BCUT2D eigenvalue weighted by Gasteiger charge is 2.20. The van der Waals surface area contributed by atoms with E-state index in [0.717, 1.165) is 4.88 Å². The van der Waals surface area contributed by atoms with Crippen molar-refractivity contribution < 1.29 is 17.6 Å². The average Bonchev–Trinajstić information content (AvgIpc) is 3.24. The molecule has 27 heavy (non-hydrogen) atoms. The SMILES string of the molecule is CC(C)S(=O)(=O)c1ccc(C(=O)Nc2nnc(Cc3ccc(Cl)s3)o2)cc1. The highest BCUT2D eigenvalue weighted by atomic mass is 35.5. The summed E-state index contributed by atoms with van der Waals surface area (Å²) in [6, 6.07) is 9.31. The van der Waals surface area contributed by atoms with Crippen LogP contribution in [0.1, 0.15) is 35.0 Å². The van der Waals surface area contributed by atoms with Crippen LogP contribution in [0, 0.1) is 0 Å². The first-order chi connectivity index (χ1) is 12.8. The lowest BCUT2D eigenvalue weighted by Gasteiger charge is -2.08. The van der Waals surface area contributed by atoms with E-state index >= 15 is 0 Å². The van der Waals surface area contributed by atoms with Gasteiger partial charge in [0.25, 0.3) is 5.91 Å². The number of rotatable bonds is 6. The van der Waals surface area contributed by atoms with E-state index in [1.807, 2.05) is 6.07 Å². The summed E-state index contributed by atoms with van der Waals surface area (Å²) in [5.74, 6) is -0.125. The summed E-state index contributed by atoms with van der Waals surface area (Å²) in [5.41, 5.74) is 0.280. The number of benzene rings is 1. The Labute approximate surface area is 165 Å². The molecule has 0 spiro atoms. The minimum Gasteiger partial charge on any atom is -0.407 e. The van der Waals surface area contributed by atoms with E-state index in [-0.39, 0.29) is 16.5 Å². The predicted molar refractivity (Wildman–Crippen MR) is 103 cm³/mol. The Morgan fingerprint density at radius 2 is 1.89 bits per heavy atom. The zero-order chi connectivity index (χ0) is 19.6. The van der Waals surface area contributed by atoms with Gasteiger partial charge in [-0.1, -0.05) is 16.7 Å². The number of nitrogens with zero attached hydrogens (tertiary/aromatic N) is 2. The monoisotopic (exact) mass is 425 g/mol. The zero-order valence-corrected chi connectivity index (χ0v) is 16.9. The molecule has 10 heteroatoms. The molecule has 142 valence electrons. The molecular formula is C17H16ClN3O4S2. The van der Waals surface area contributed by atoms with Crippen molar-refractivity contribution in [3.05, 3.63) is 57.1 Å². The van der Waals surface area contributed by atoms with Crippen LogP contribution in [-0.4, -0.2) is 29.8 Å². The Hall–Kier alpha value is -2.23. The number of nitrogens with one attached hydrogen (secondary N) is 1. The third-order valence-electron chi connectivity index (χ3n) is 3.71. The summed E-state index contributed by atoms with van der Waals surface area (Å²) in [5, 5.41) is 9.64. The Bertz CT molecular complexity index is 1060. The molecule has 0 radical (unpaired) electrons. The molecule has 0 bridgehead atoms. The number of carbonyl (C=O) groups is 1. The van der Waals surface area contributed by atoms with Gasteiger partial charge in [-0.2, -0.15) is 0 Å². The number of carbonyl (C=O) groups excluding carboxylic acids is 1. The zero-order valence-electron chi connectivity index (χ0n) is 14.5. The highest BCUT2D eigenvalue weighted by molar-refractivity contribution is 7.92. The van der Waals surface area contributed by atoms with Gasteiger partial charge >= 0.3 is 6.01 Å². The highest BCUT2D eigenvalue weighted by Crippen LogP contribution is 2.24. The maximum absolute atomic E-state index is 12.3. The Kier molecular flexibility index (Phi) is 5.64. The Balaban J connectivity index is 1.67. The van der Waals surface area contributed by atoms with Crippen molar-refractivity contribution in [2.75, 3.05) is 5.32 Å². The number of hydrogen-bond donors (Lipinski definition) is 1. The lowest BCUT2D eigenvalue weighted by Crippen LogP contribution is -2.15. The van der Waals surface area contributed by atoms with Crippen molar-refractivity contribution in [3.63, 3.8) is 0 Å². The van der Waals surface area contributed by atoms with Crippen LogP contribution in [0.4, 0.5) is 6.01 Å². The van der Waals surface area contributed by atoms with Gasteiger partial charge in [-0.15, -0.1) is 16.4 Å². The second-order valence-electron chi connectivity index (χ2n) is 5.96. The number of halogens is 1. The molecule has 1 amide bonds. The summed E-state index contributed by atoms with van der Waals surface area (Å²) < 4.78 is 30.3. The number of amides is 1. The first-order valence-corrected chi connectivity index (χ1v) is 10.7. The maximum Gasteiger partial charge on any atom is 0.322 e. The molecule has 0 atom stereocenters. The quantitative estimate of drug-likeness (QED) is 0.644. The Morgan fingerprint density at radius 1 is 1.19 bits per heavy atom. The number of thiophene rings is 1. The van der Waals surface area contributed by atoms with Gasteiger partial charge in [-0.25, -0.2) is 8.42 Å². The van der Waals surface area contributed by atoms with Crippen molar-refractivity contribution in [3.8, 4) is 0 Å². The van der Waals surface area contributed by atoms with Crippen LogP contribution in [0.3, 0.4) is 0 Å². The number of anilines is 1. The van der Waals surface area contributed by atoms with Gasteiger partial charge in [-0.3, -0.25) is 10.1 Å². The molecule has 3 aromatic rings. The van der Waals surface area contributed by atoms with Gasteiger partial charge in [-0.05, 0) is 50.2 Å². The second kappa shape index (κ2) is 7.79. The van der Waals surface area contributed by atoms with Gasteiger partial charge in [0.2, 0.25) is 5.89 Å². The minimum atomic E-state index is -3.38. The summed E-state index contributed by atoms with van der Waals surface area (Å²) in [4.78, 5) is 13.4. The van der Waals surface area contributed by atoms with Gasteiger partial charge in [0.15, 0.2) is 9.84 Å². The van der Waals surface area contributed by atoms with Crippen LogP contribution >= 0.6 is 22.9 Å². The van der Waals surface area contributed by atoms with E-state index in [4.69, 9.17) is 16.0 Å². The molecule has 0 unspecified atom stereocenters. The molecule has 0 saturated carbocycles. The first-order valence-electron chi connectivity index (χ1n) is 7.97. The van der Waals surface area contributed by atoms with Crippen molar-refractivity contribution >= 4 is 44.7 Å². The van der Waals surface area contributed by atoms with Gasteiger partial charge in [0.1, 0.15) is 0 Å². The van der Waals surface area contributed by atoms with Crippen LogP contribution in [0.25, 0.3) is 0 Å². The van der Waals surface area contributed by atoms with Crippen molar-refractivity contribution in [2.24, 2.45) is 0 Å². The van der Waals surface area contributed by atoms with Crippen LogP contribution in [0.2, 0.25) is 4.34 Å². The molecule has 0 aliphatic rings.